The lowest BCUT2D eigenvalue weighted by atomic mass is 9.98. The minimum atomic E-state index is -2.26. The first-order valence-corrected chi connectivity index (χ1v) is 10.7. The first-order chi connectivity index (χ1) is 16.0. The second-order valence-electron chi connectivity index (χ2n) is 8.51. The molecule has 3 aliphatic rings. The van der Waals surface area contributed by atoms with Gasteiger partial charge in [0.25, 0.3) is 0 Å². The van der Waals surface area contributed by atoms with Crippen LogP contribution in [0.2, 0.25) is 0 Å². The average Bonchev–Trinajstić information content (AvgIpc) is 3.08. The monoisotopic (exact) mass is 502 g/mol. The Morgan fingerprint density at radius 1 is 0.647 bits per heavy atom. The zero-order valence-electron chi connectivity index (χ0n) is 18.1. The Labute approximate surface area is 193 Å². The van der Waals surface area contributed by atoms with Crippen molar-refractivity contribution in [2.24, 2.45) is 11.5 Å². The number of aliphatic hydroxyl groups excluding tert-OH is 9. The second-order valence-corrected chi connectivity index (χ2v) is 8.51. The van der Waals surface area contributed by atoms with Crippen LogP contribution >= 0.6 is 0 Å². The van der Waals surface area contributed by atoms with Gasteiger partial charge in [-0.25, -0.2) is 0 Å². The third kappa shape index (κ3) is 5.09. The molecule has 16 nitrogen and oxygen atoms in total. The van der Waals surface area contributed by atoms with Gasteiger partial charge in [0, 0.05) is 13.1 Å². The van der Waals surface area contributed by atoms with Gasteiger partial charge in [0.1, 0.15) is 73.8 Å². The summed E-state index contributed by atoms with van der Waals surface area (Å²) in [7, 11) is 0. The van der Waals surface area contributed by atoms with E-state index in [-0.39, 0.29) is 13.1 Å². The lowest BCUT2D eigenvalue weighted by molar-refractivity contribution is -0.387. The molecule has 0 aromatic rings. The predicted molar refractivity (Wildman–Crippen MR) is 105 cm³/mol. The van der Waals surface area contributed by atoms with E-state index in [2.05, 4.69) is 0 Å². The summed E-state index contributed by atoms with van der Waals surface area (Å²) >= 11 is 0. The first kappa shape index (κ1) is 27.9. The van der Waals surface area contributed by atoms with E-state index in [1.165, 1.54) is 0 Å². The summed E-state index contributed by atoms with van der Waals surface area (Å²) in [4.78, 5) is 0. The van der Waals surface area contributed by atoms with Crippen LogP contribution in [-0.2, 0) is 23.7 Å². The summed E-state index contributed by atoms with van der Waals surface area (Å²) in [5, 5.41) is 90.9. The Hall–Kier alpha value is -0.640. The van der Waals surface area contributed by atoms with Crippen LogP contribution in [-0.4, -0.2) is 158 Å². The maximum atomic E-state index is 10.3. The van der Waals surface area contributed by atoms with E-state index < -0.39 is 98.7 Å². The Balaban J connectivity index is 1.69. The van der Waals surface area contributed by atoms with Crippen molar-refractivity contribution in [3.63, 3.8) is 0 Å². The van der Waals surface area contributed by atoms with Gasteiger partial charge in [-0.1, -0.05) is 0 Å². The minimum Gasteiger partial charge on any atom is -0.391 e. The van der Waals surface area contributed by atoms with Gasteiger partial charge in [-0.2, -0.15) is 0 Å². The third-order valence-electron chi connectivity index (χ3n) is 6.27. The Kier molecular flexibility index (Phi) is 9.18. The SMILES string of the molecule is NCC1O[C@H](OCC2O[C@@H](O[C@]3(CO)O[C@H](CN)C(O)[C@H]3O)C(O)[C@@H](O)[C@@H]2O)C(O)[C@@H](O)[C@@H]1O. The molecule has 3 rings (SSSR count). The summed E-state index contributed by atoms with van der Waals surface area (Å²) in [5.74, 6) is -2.26. The van der Waals surface area contributed by atoms with Crippen LogP contribution in [0.4, 0.5) is 0 Å². The molecular formula is C18H34N2O14. The van der Waals surface area contributed by atoms with Crippen LogP contribution in [0.25, 0.3) is 0 Å². The molecule has 14 atom stereocenters. The molecular weight excluding hydrogens is 468 g/mol. The van der Waals surface area contributed by atoms with Crippen LogP contribution in [0.1, 0.15) is 0 Å². The Bertz CT molecular complexity index is 662. The zero-order valence-corrected chi connectivity index (χ0v) is 18.1. The van der Waals surface area contributed by atoms with Gasteiger partial charge in [0.2, 0.25) is 5.79 Å². The summed E-state index contributed by atoms with van der Waals surface area (Å²) < 4.78 is 26.9. The van der Waals surface area contributed by atoms with Gasteiger partial charge >= 0.3 is 0 Å². The molecule has 3 aliphatic heterocycles. The number of aliphatic hydroxyl groups is 9. The van der Waals surface area contributed by atoms with Gasteiger partial charge in [0.05, 0.1) is 6.61 Å². The molecule has 0 aromatic heterocycles. The van der Waals surface area contributed by atoms with E-state index in [1.807, 2.05) is 0 Å². The van der Waals surface area contributed by atoms with E-state index in [9.17, 15) is 46.0 Å². The van der Waals surface area contributed by atoms with E-state index in [0.29, 0.717) is 0 Å². The van der Waals surface area contributed by atoms with Gasteiger partial charge in [-0.05, 0) is 0 Å². The van der Waals surface area contributed by atoms with Gasteiger partial charge < -0.3 is 81.1 Å². The van der Waals surface area contributed by atoms with Crippen LogP contribution in [0, 0.1) is 0 Å². The molecule has 5 unspecified atom stereocenters. The van der Waals surface area contributed by atoms with Crippen LogP contribution in [0.15, 0.2) is 0 Å². The van der Waals surface area contributed by atoms with Crippen molar-refractivity contribution in [2.75, 3.05) is 26.3 Å². The molecule has 0 amide bonds. The summed E-state index contributed by atoms with van der Waals surface area (Å²) in [6.07, 6.45) is -20.4. The molecule has 0 bridgehead atoms. The molecule has 3 fully saturated rings. The molecule has 200 valence electrons. The Morgan fingerprint density at radius 3 is 1.71 bits per heavy atom. The van der Waals surface area contributed by atoms with Crippen LogP contribution in [0.3, 0.4) is 0 Å². The van der Waals surface area contributed by atoms with Crippen molar-refractivity contribution in [1.29, 1.82) is 0 Å². The normalized spacial score (nSPS) is 52.1. The Morgan fingerprint density at radius 2 is 1.18 bits per heavy atom. The maximum absolute atomic E-state index is 10.3. The molecule has 16 heteroatoms. The van der Waals surface area contributed by atoms with Crippen LogP contribution < -0.4 is 11.5 Å². The largest absolute Gasteiger partial charge is 0.391 e. The number of nitrogens with two attached hydrogens (primary N) is 2. The van der Waals surface area contributed by atoms with E-state index in [1.54, 1.807) is 0 Å². The van der Waals surface area contributed by atoms with E-state index >= 15 is 0 Å². The highest BCUT2D eigenvalue weighted by Crippen LogP contribution is 2.36. The highest BCUT2D eigenvalue weighted by Gasteiger charge is 2.58. The van der Waals surface area contributed by atoms with Gasteiger partial charge in [-0.15, -0.1) is 0 Å². The first-order valence-electron chi connectivity index (χ1n) is 10.7. The highest BCUT2D eigenvalue weighted by atomic mass is 16.8. The molecule has 3 saturated heterocycles. The van der Waals surface area contributed by atoms with Crippen LogP contribution in [0.5, 0.6) is 0 Å². The molecule has 0 aliphatic carbocycles. The average molecular weight is 502 g/mol. The standard InChI is InChI=1S/C18H34N2O14/c19-1-5-8(22)11(25)13(27)16(31-5)30-3-7-9(23)12(26)14(28)17(32-7)34-18(4-21)15(29)10(24)6(2-20)33-18/h5-17,21-29H,1-4,19-20H2/t5?,6-,7?,8-,9-,10?,11+,12+,13?,14?,15-,16+,17+,18+/m1/s1. The highest BCUT2D eigenvalue weighted by molar-refractivity contribution is 4.99. The lowest BCUT2D eigenvalue weighted by Crippen LogP contribution is -2.63. The molecule has 0 saturated carbocycles. The van der Waals surface area contributed by atoms with Gasteiger partial charge in [0.15, 0.2) is 12.6 Å². The second kappa shape index (κ2) is 11.2. The van der Waals surface area contributed by atoms with Crippen molar-refractivity contribution in [2.45, 2.75) is 85.5 Å². The molecule has 13 N–H and O–H groups in total. The van der Waals surface area contributed by atoms with E-state index in [0.717, 1.165) is 0 Å². The molecule has 3 heterocycles. The van der Waals surface area contributed by atoms with Crippen molar-refractivity contribution in [1.82, 2.24) is 0 Å². The van der Waals surface area contributed by atoms with Gasteiger partial charge in [-0.3, -0.25) is 0 Å². The number of hydrogen-bond acceptors (Lipinski definition) is 16. The molecule has 0 spiro atoms. The topological polar surface area (TPSA) is 280 Å². The number of rotatable bonds is 8. The lowest BCUT2D eigenvalue weighted by Gasteiger charge is -2.44. The maximum Gasteiger partial charge on any atom is 0.224 e. The fourth-order valence-electron chi connectivity index (χ4n) is 4.10. The fourth-order valence-corrected chi connectivity index (χ4v) is 4.10. The summed E-state index contributed by atoms with van der Waals surface area (Å²) in [5.41, 5.74) is 10.9. The minimum absolute atomic E-state index is 0.199. The smallest absolute Gasteiger partial charge is 0.224 e. The fraction of sp³-hybridized carbons (Fsp3) is 1.00. The quantitative estimate of drug-likeness (QED) is 0.147. The number of hydrogen-bond donors (Lipinski definition) is 11. The molecule has 34 heavy (non-hydrogen) atoms. The summed E-state index contributed by atoms with van der Waals surface area (Å²) in [6, 6.07) is 0. The van der Waals surface area contributed by atoms with Crippen molar-refractivity contribution >= 4 is 0 Å². The van der Waals surface area contributed by atoms with Crippen molar-refractivity contribution < 1.29 is 69.6 Å². The molecule has 0 radical (unpaired) electrons. The predicted octanol–water partition coefficient (Wildman–Crippen LogP) is -7.64. The number of ether oxygens (including phenoxy) is 5. The third-order valence-corrected chi connectivity index (χ3v) is 6.27. The van der Waals surface area contributed by atoms with Crippen molar-refractivity contribution in [3.05, 3.63) is 0 Å². The zero-order chi connectivity index (χ0) is 25.4. The van der Waals surface area contributed by atoms with Crippen molar-refractivity contribution in [3.8, 4) is 0 Å². The van der Waals surface area contributed by atoms with E-state index in [4.69, 9.17) is 35.2 Å². The summed E-state index contributed by atoms with van der Waals surface area (Å²) in [6.45, 7) is -1.99. The molecule has 0 aromatic carbocycles.